The average molecular weight is 252 g/mol. The van der Waals surface area contributed by atoms with Crippen molar-refractivity contribution in [2.24, 2.45) is 5.73 Å². The normalized spacial score (nSPS) is 11.5. The molecule has 0 unspecified atom stereocenters. The van der Waals surface area contributed by atoms with Gasteiger partial charge >= 0.3 is 0 Å². The maximum atomic E-state index is 11.9. The molecule has 0 spiro atoms. The van der Waals surface area contributed by atoms with Crippen LogP contribution in [-0.2, 0) is 11.3 Å². The summed E-state index contributed by atoms with van der Waals surface area (Å²) >= 11 is 0. The first-order valence-electron chi connectivity index (χ1n) is 6.65. The van der Waals surface area contributed by atoms with E-state index >= 15 is 0 Å². The molecule has 0 saturated carbocycles. The molecule has 0 atom stereocenters. The molecule has 0 aliphatic carbocycles. The van der Waals surface area contributed by atoms with Gasteiger partial charge in [0.2, 0.25) is 5.91 Å². The van der Waals surface area contributed by atoms with Crippen LogP contribution in [0.5, 0.6) is 0 Å². The van der Waals surface area contributed by atoms with Crippen molar-refractivity contribution < 1.29 is 4.79 Å². The van der Waals surface area contributed by atoms with Gasteiger partial charge in [-0.15, -0.1) is 0 Å². The van der Waals surface area contributed by atoms with E-state index in [2.05, 4.69) is 10.3 Å². The van der Waals surface area contributed by atoms with E-state index in [9.17, 15) is 4.79 Å². The number of aromatic nitrogens is 2. The molecule has 1 aromatic rings. The smallest absolute Gasteiger partial charge is 0.240 e. The van der Waals surface area contributed by atoms with Crippen LogP contribution in [-0.4, -0.2) is 27.5 Å². The molecule has 3 N–H and O–H groups in total. The van der Waals surface area contributed by atoms with Gasteiger partial charge in [-0.25, -0.2) is 4.98 Å². The van der Waals surface area contributed by atoms with Crippen LogP contribution in [0.3, 0.4) is 0 Å². The minimum atomic E-state index is -0.704. The van der Waals surface area contributed by atoms with E-state index in [1.807, 2.05) is 24.6 Å². The van der Waals surface area contributed by atoms with E-state index in [1.165, 1.54) is 0 Å². The van der Waals surface area contributed by atoms with E-state index < -0.39 is 5.54 Å². The third-order valence-electron chi connectivity index (χ3n) is 3.40. The number of hydrogen-bond acceptors (Lipinski definition) is 3. The van der Waals surface area contributed by atoms with Crippen molar-refractivity contribution in [1.82, 2.24) is 14.9 Å². The second-order valence-corrected chi connectivity index (χ2v) is 4.63. The third kappa shape index (κ3) is 4.14. The average Bonchev–Trinajstić information content (AvgIpc) is 2.90. The molecular formula is C13H24N4O. The quantitative estimate of drug-likeness (QED) is 0.685. The van der Waals surface area contributed by atoms with Crippen LogP contribution in [0, 0.1) is 0 Å². The first-order valence-corrected chi connectivity index (χ1v) is 6.65. The first-order chi connectivity index (χ1) is 8.62. The molecule has 0 bridgehead atoms. The second-order valence-electron chi connectivity index (χ2n) is 4.63. The Balaban J connectivity index is 2.16. The van der Waals surface area contributed by atoms with Crippen LogP contribution in [0.25, 0.3) is 0 Å². The SMILES string of the molecule is CCC(N)(CC)C(=O)NCCCCn1ccnc1. The summed E-state index contributed by atoms with van der Waals surface area (Å²) in [4.78, 5) is 15.8. The lowest BCUT2D eigenvalue weighted by atomic mass is 9.93. The van der Waals surface area contributed by atoms with Crippen molar-refractivity contribution in [3.05, 3.63) is 18.7 Å². The van der Waals surface area contributed by atoms with E-state index in [-0.39, 0.29) is 5.91 Å². The van der Waals surface area contributed by atoms with E-state index in [0.29, 0.717) is 19.4 Å². The molecule has 102 valence electrons. The number of unbranched alkanes of at least 4 members (excludes halogenated alkanes) is 1. The summed E-state index contributed by atoms with van der Waals surface area (Å²) in [5, 5.41) is 2.92. The molecule has 0 fully saturated rings. The number of rotatable bonds is 8. The number of carbonyl (C=O) groups excluding carboxylic acids is 1. The summed E-state index contributed by atoms with van der Waals surface area (Å²) < 4.78 is 2.03. The Bertz CT molecular complexity index is 344. The van der Waals surface area contributed by atoms with E-state index in [1.54, 1.807) is 12.5 Å². The Morgan fingerprint density at radius 1 is 1.39 bits per heavy atom. The van der Waals surface area contributed by atoms with Crippen molar-refractivity contribution >= 4 is 5.91 Å². The Labute approximate surface area is 109 Å². The van der Waals surface area contributed by atoms with Gasteiger partial charge in [0.25, 0.3) is 0 Å². The number of hydrogen-bond donors (Lipinski definition) is 2. The molecule has 18 heavy (non-hydrogen) atoms. The number of aryl methyl sites for hydroxylation is 1. The van der Waals surface area contributed by atoms with Gasteiger partial charge in [0.05, 0.1) is 11.9 Å². The molecule has 0 aliphatic rings. The van der Waals surface area contributed by atoms with Gasteiger partial charge in [-0.2, -0.15) is 0 Å². The predicted octanol–water partition coefficient (Wildman–Crippen LogP) is 1.30. The summed E-state index contributed by atoms with van der Waals surface area (Å²) in [5.41, 5.74) is 5.30. The number of nitrogens with two attached hydrogens (primary N) is 1. The number of carbonyl (C=O) groups is 1. The molecule has 5 nitrogen and oxygen atoms in total. The Morgan fingerprint density at radius 3 is 2.67 bits per heavy atom. The summed E-state index contributed by atoms with van der Waals surface area (Å²) in [5.74, 6) is -0.0323. The highest BCUT2D eigenvalue weighted by Gasteiger charge is 2.29. The molecular weight excluding hydrogens is 228 g/mol. The predicted molar refractivity (Wildman–Crippen MR) is 72.0 cm³/mol. The minimum Gasteiger partial charge on any atom is -0.355 e. The Kier molecular flexibility index (Phi) is 5.85. The van der Waals surface area contributed by atoms with Crippen molar-refractivity contribution in [2.45, 2.75) is 51.6 Å². The molecule has 0 aromatic carbocycles. The lowest BCUT2D eigenvalue weighted by Crippen LogP contribution is -2.53. The fourth-order valence-electron chi connectivity index (χ4n) is 1.79. The molecule has 1 aromatic heterocycles. The zero-order valence-electron chi connectivity index (χ0n) is 11.4. The zero-order valence-corrected chi connectivity index (χ0v) is 11.4. The molecule has 5 heteroatoms. The molecule has 1 rings (SSSR count). The highest BCUT2D eigenvalue weighted by atomic mass is 16.2. The number of amides is 1. The van der Waals surface area contributed by atoms with E-state index in [0.717, 1.165) is 19.4 Å². The maximum absolute atomic E-state index is 11.9. The highest BCUT2D eigenvalue weighted by Crippen LogP contribution is 2.10. The van der Waals surface area contributed by atoms with Crippen molar-refractivity contribution in [2.75, 3.05) is 6.54 Å². The van der Waals surface area contributed by atoms with Gasteiger partial charge < -0.3 is 15.6 Å². The van der Waals surface area contributed by atoms with Gasteiger partial charge in [-0.3, -0.25) is 4.79 Å². The number of nitrogens with zero attached hydrogens (tertiary/aromatic N) is 2. The van der Waals surface area contributed by atoms with Crippen LogP contribution < -0.4 is 11.1 Å². The maximum Gasteiger partial charge on any atom is 0.240 e. The van der Waals surface area contributed by atoms with Crippen LogP contribution >= 0.6 is 0 Å². The lowest BCUT2D eigenvalue weighted by molar-refractivity contribution is -0.126. The van der Waals surface area contributed by atoms with Crippen molar-refractivity contribution in [1.29, 1.82) is 0 Å². The Hall–Kier alpha value is -1.36. The molecule has 0 aliphatic heterocycles. The first kappa shape index (κ1) is 14.7. The topological polar surface area (TPSA) is 72.9 Å². The minimum absolute atomic E-state index is 0.0323. The van der Waals surface area contributed by atoms with Crippen molar-refractivity contribution in [3.63, 3.8) is 0 Å². The molecule has 1 amide bonds. The fourth-order valence-corrected chi connectivity index (χ4v) is 1.79. The summed E-state index contributed by atoms with van der Waals surface area (Å²) in [6.45, 7) is 5.52. The van der Waals surface area contributed by atoms with Crippen LogP contribution in [0.15, 0.2) is 18.7 Å². The summed E-state index contributed by atoms with van der Waals surface area (Å²) in [6, 6.07) is 0. The summed E-state index contributed by atoms with van der Waals surface area (Å²) in [6.07, 6.45) is 8.83. The second kappa shape index (κ2) is 7.16. The van der Waals surface area contributed by atoms with Gasteiger partial charge in [-0.1, -0.05) is 13.8 Å². The number of nitrogens with one attached hydrogen (secondary N) is 1. The largest absolute Gasteiger partial charge is 0.355 e. The molecule has 0 radical (unpaired) electrons. The zero-order chi connectivity index (χ0) is 13.4. The van der Waals surface area contributed by atoms with E-state index in [4.69, 9.17) is 5.73 Å². The monoisotopic (exact) mass is 252 g/mol. The van der Waals surface area contributed by atoms with Crippen LogP contribution in [0.2, 0.25) is 0 Å². The molecule has 1 heterocycles. The lowest BCUT2D eigenvalue weighted by Gasteiger charge is -2.25. The van der Waals surface area contributed by atoms with Gasteiger partial charge in [-0.05, 0) is 25.7 Å². The van der Waals surface area contributed by atoms with Gasteiger partial charge in [0, 0.05) is 25.5 Å². The molecule has 0 saturated heterocycles. The number of imidazole rings is 1. The van der Waals surface area contributed by atoms with Gasteiger partial charge in [0.15, 0.2) is 0 Å². The standard InChI is InChI=1S/C13H24N4O/c1-3-13(14,4-2)12(18)16-7-5-6-9-17-10-8-15-11-17/h8,10-11H,3-7,9,14H2,1-2H3,(H,16,18). The Morgan fingerprint density at radius 2 is 2.11 bits per heavy atom. The van der Waals surface area contributed by atoms with Crippen LogP contribution in [0.1, 0.15) is 39.5 Å². The van der Waals surface area contributed by atoms with Crippen LogP contribution in [0.4, 0.5) is 0 Å². The highest BCUT2D eigenvalue weighted by molar-refractivity contribution is 5.85. The van der Waals surface area contributed by atoms with Gasteiger partial charge in [0.1, 0.15) is 0 Å². The summed E-state index contributed by atoms with van der Waals surface area (Å²) in [7, 11) is 0. The fraction of sp³-hybridized carbons (Fsp3) is 0.692. The third-order valence-corrected chi connectivity index (χ3v) is 3.40. The van der Waals surface area contributed by atoms with Crippen molar-refractivity contribution in [3.8, 4) is 0 Å².